The first kappa shape index (κ1) is 12.1. The van der Waals surface area contributed by atoms with Gasteiger partial charge in [-0.15, -0.1) is 0 Å². The van der Waals surface area contributed by atoms with Crippen molar-refractivity contribution in [2.24, 2.45) is 7.05 Å². The fraction of sp³-hybridized carbons (Fsp3) is 0.750. The Morgan fingerprint density at radius 1 is 1.20 bits per heavy atom. The molecule has 1 heterocycles. The molecule has 1 rings (SSSR count). The van der Waals surface area contributed by atoms with Crippen LogP contribution in [-0.4, -0.2) is 9.55 Å². The number of anilines is 1. The van der Waals surface area contributed by atoms with Crippen molar-refractivity contribution in [2.75, 3.05) is 5.73 Å². The Balaban J connectivity index is 2.34. The molecule has 0 aliphatic rings. The number of nitrogens with two attached hydrogens (primary N) is 1. The van der Waals surface area contributed by atoms with Crippen molar-refractivity contribution in [1.82, 2.24) is 9.55 Å². The van der Waals surface area contributed by atoms with E-state index in [4.69, 9.17) is 5.73 Å². The second-order valence-electron chi connectivity index (χ2n) is 4.21. The monoisotopic (exact) mass is 209 g/mol. The Morgan fingerprint density at radius 3 is 2.40 bits per heavy atom. The highest BCUT2D eigenvalue weighted by Gasteiger charge is 2.07. The zero-order valence-corrected chi connectivity index (χ0v) is 10.2. The smallest absolute Gasteiger partial charge is 0.126 e. The van der Waals surface area contributed by atoms with E-state index < -0.39 is 0 Å². The van der Waals surface area contributed by atoms with Crippen molar-refractivity contribution < 1.29 is 0 Å². The Hall–Kier alpha value is -0.990. The third kappa shape index (κ3) is 3.26. The maximum absolute atomic E-state index is 5.94. The first-order valence-corrected chi connectivity index (χ1v) is 5.94. The van der Waals surface area contributed by atoms with Crippen molar-refractivity contribution in [3.05, 3.63) is 11.5 Å². The molecule has 0 fully saturated rings. The summed E-state index contributed by atoms with van der Waals surface area (Å²) in [6, 6.07) is 0. The van der Waals surface area contributed by atoms with Gasteiger partial charge in [0.25, 0.3) is 0 Å². The van der Waals surface area contributed by atoms with Crippen molar-refractivity contribution in [1.29, 1.82) is 0 Å². The maximum atomic E-state index is 5.94. The summed E-state index contributed by atoms with van der Waals surface area (Å²) in [7, 11) is 1.97. The van der Waals surface area contributed by atoms with Gasteiger partial charge in [-0.25, -0.2) is 4.98 Å². The van der Waals surface area contributed by atoms with E-state index in [0.717, 1.165) is 23.8 Å². The fourth-order valence-corrected chi connectivity index (χ4v) is 1.78. The van der Waals surface area contributed by atoms with Gasteiger partial charge >= 0.3 is 0 Å². The van der Waals surface area contributed by atoms with E-state index in [1.54, 1.807) is 0 Å². The highest BCUT2D eigenvalue weighted by molar-refractivity contribution is 5.37. The van der Waals surface area contributed by atoms with Crippen LogP contribution in [0.5, 0.6) is 0 Å². The molecule has 1 aromatic heterocycles. The molecule has 0 amide bonds. The third-order valence-corrected chi connectivity index (χ3v) is 2.96. The number of nitrogens with zero attached hydrogens (tertiary/aromatic N) is 2. The van der Waals surface area contributed by atoms with Gasteiger partial charge in [-0.05, 0) is 19.8 Å². The average molecular weight is 209 g/mol. The molecule has 0 saturated heterocycles. The molecule has 3 nitrogen and oxygen atoms in total. The Morgan fingerprint density at radius 2 is 1.87 bits per heavy atom. The van der Waals surface area contributed by atoms with E-state index in [1.807, 2.05) is 18.5 Å². The molecule has 0 spiro atoms. The number of hydrogen-bond donors (Lipinski definition) is 1. The van der Waals surface area contributed by atoms with Crippen LogP contribution < -0.4 is 5.73 Å². The van der Waals surface area contributed by atoms with Crippen LogP contribution in [0, 0.1) is 6.92 Å². The number of hydrogen-bond acceptors (Lipinski definition) is 2. The molecule has 0 saturated carbocycles. The van der Waals surface area contributed by atoms with Gasteiger partial charge in [-0.3, -0.25) is 0 Å². The van der Waals surface area contributed by atoms with Crippen LogP contribution in [-0.2, 0) is 13.5 Å². The van der Waals surface area contributed by atoms with Crippen molar-refractivity contribution in [3.63, 3.8) is 0 Å². The second kappa shape index (κ2) is 5.79. The summed E-state index contributed by atoms with van der Waals surface area (Å²) in [6.07, 6.45) is 7.50. The van der Waals surface area contributed by atoms with Crippen molar-refractivity contribution >= 4 is 5.82 Å². The van der Waals surface area contributed by atoms with Gasteiger partial charge in [0.15, 0.2) is 0 Å². The predicted octanol–water partition coefficient (Wildman–Crippen LogP) is 2.82. The standard InChI is InChI=1S/C12H23N3/c1-4-5-6-7-8-9-11-12(13)15(3)10(2)14-11/h4-9,13H2,1-3H3. The molecule has 0 unspecified atom stereocenters. The van der Waals surface area contributed by atoms with Crippen LogP contribution in [0.2, 0.25) is 0 Å². The largest absolute Gasteiger partial charge is 0.384 e. The summed E-state index contributed by atoms with van der Waals surface area (Å²) in [5, 5.41) is 0. The average Bonchev–Trinajstić information content (AvgIpc) is 2.46. The Labute approximate surface area is 92.7 Å². The first-order valence-electron chi connectivity index (χ1n) is 5.94. The number of aryl methyl sites for hydroxylation is 2. The lowest BCUT2D eigenvalue weighted by Gasteiger charge is -2.00. The molecule has 3 heteroatoms. The van der Waals surface area contributed by atoms with Gasteiger partial charge in [0.2, 0.25) is 0 Å². The highest BCUT2D eigenvalue weighted by Crippen LogP contribution is 2.15. The quantitative estimate of drug-likeness (QED) is 0.732. The van der Waals surface area contributed by atoms with Gasteiger partial charge in [-0.2, -0.15) is 0 Å². The second-order valence-corrected chi connectivity index (χ2v) is 4.21. The number of rotatable bonds is 6. The topological polar surface area (TPSA) is 43.8 Å². The molecule has 0 aliphatic heterocycles. The summed E-state index contributed by atoms with van der Waals surface area (Å²) < 4.78 is 1.96. The van der Waals surface area contributed by atoms with Crippen LogP contribution in [0.3, 0.4) is 0 Å². The van der Waals surface area contributed by atoms with Gasteiger partial charge in [-0.1, -0.05) is 32.6 Å². The minimum atomic E-state index is 0.836. The molecule has 0 radical (unpaired) electrons. The Bertz CT molecular complexity index is 302. The van der Waals surface area contributed by atoms with Crippen molar-refractivity contribution in [3.8, 4) is 0 Å². The molecule has 0 bridgehead atoms. The number of unbranched alkanes of at least 4 members (excludes halogenated alkanes) is 4. The zero-order chi connectivity index (χ0) is 11.3. The van der Waals surface area contributed by atoms with E-state index in [9.17, 15) is 0 Å². The number of imidazole rings is 1. The maximum Gasteiger partial charge on any atom is 0.126 e. The lowest BCUT2D eigenvalue weighted by molar-refractivity contribution is 0.629. The van der Waals surface area contributed by atoms with E-state index in [0.29, 0.717) is 0 Å². The molecule has 15 heavy (non-hydrogen) atoms. The summed E-state index contributed by atoms with van der Waals surface area (Å²) in [5.74, 6) is 1.85. The molecular formula is C12H23N3. The molecule has 0 aliphatic carbocycles. The van der Waals surface area contributed by atoms with Gasteiger partial charge in [0.1, 0.15) is 11.6 Å². The fourth-order valence-electron chi connectivity index (χ4n) is 1.78. The van der Waals surface area contributed by atoms with E-state index in [-0.39, 0.29) is 0 Å². The van der Waals surface area contributed by atoms with E-state index in [1.165, 1.54) is 32.1 Å². The first-order chi connectivity index (χ1) is 7.16. The van der Waals surface area contributed by atoms with Crippen molar-refractivity contribution in [2.45, 2.75) is 52.4 Å². The van der Waals surface area contributed by atoms with Crippen LogP contribution in [0.4, 0.5) is 5.82 Å². The minimum absolute atomic E-state index is 0.836. The van der Waals surface area contributed by atoms with Crippen LogP contribution in [0.25, 0.3) is 0 Å². The Kier molecular flexibility index (Phi) is 4.66. The SMILES string of the molecule is CCCCCCCc1nc(C)n(C)c1N. The minimum Gasteiger partial charge on any atom is -0.384 e. The number of nitrogen functional groups attached to an aromatic ring is 1. The molecular weight excluding hydrogens is 186 g/mol. The molecule has 1 aromatic rings. The number of aromatic nitrogens is 2. The molecule has 86 valence electrons. The summed E-state index contributed by atoms with van der Waals surface area (Å²) in [4.78, 5) is 4.47. The van der Waals surface area contributed by atoms with Crippen LogP contribution in [0.1, 0.15) is 50.5 Å². The van der Waals surface area contributed by atoms with E-state index >= 15 is 0 Å². The van der Waals surface area contributed by atoms with E-state index in [2.05, 4.69) is 11.9 Å². The van der Waals surface area contributed by atoms with Gasteiger partial charge < -0.3 is 10.3 Å². The molecule has 0 atom stereocenters. The normalized spacial score (nSPS) is 10.9. The van der Waals surface area contributed by atoms with Crippen LogP contribution in [0.15, 0.2) is 0 Å². The molecule has 0 aromatic carbocycles. The lowest BCUT2D eigenvalue weighted by Crippen LogP contribution is -1.99. The lowest BCUT2D eigenvalue weighted by atomic mass is 10.1. The van der Waals surface area contributed by atoms with Gasteiger partial charge in [0.05, 0.1) is 5.69 Å². The third-order valence-electron chi connectivity index (χ3n) is 2.96. The van der Waals surface area contributed by atoms with Crippen LogP contribution >= 0.6 is 0 Å². The van der Waals surface area contributed by atoms with Gasteiger partial charge in [0, 0.05) is 7.05 Å². The molecule has 2 N–H and O–H groups in total. The summed E-state index contributed by atoms with van der Waals surface area (Å²) in [6.45, 7) is 4.23. The summed E-state index contributed by atoms with van der Waals surface area (Å²) >= 11 is 0. The zero-order valence-electron chi connectivity index (χ0n) is 10.2. The highest BCUT2D eigenvalue weighted by atomic mass is 15.1. The predicted molar refractivity (Wildman–Crippen MR) is 64.8 cm³/mol. The summed E-state index contributed by atoms with van der Waals surface area (Å²) in [5.41, 5.74) is 7.02.